The molecule has 4 rings (SSSR count). The van der Waals surface area contributed by atoms with Gasteiger partial charge in [0.1, 0.15) is 11.9 Å². The Kier molecular flexibility index (Phi) is 6.01. The minimum Gasteiger partial charge on any atom is -0.327 e. The van der Waals surface area contributed by atoms with E-state index in [-0.39, 0.29) is 11.7 Å². The summed E-state index contributed by atoms with van der Waals surface area (Å²) in [5.41, 5.74) is 4.41. The number of fused-ring (bicyclic) bond motifs is 1. The van der Waals surface area contributed by atoms with E-state index in [1.165, 1.54) is 31.0 Å². The van der Waals surface area contributed by atoms with E-state index in [9.17, 15) is 10.1 Å². The van der Waals surface area contributed by atoms with Gasteiger partial charge in [-0.05, 0) is 52.2 Å². The number of hydrogen-bond donors (Lipinski definition) is 1. The highest BCUT2D eigenvalue weighted by Crippen LogP contribution is 2.36. The quantitative estimate of drug-likeness (QED) is 0.598. The molecule has 9 heteroatoms. The highest BCUT2D eigenvalue weighted by Gasteiger charge is 2.26. The Bertz CT molecular complexity index is 1180. The number of aromatic nitrogens is 5. The number of anilines is 1. The summed E-state index contributed by atoms with van der Waals surface area (Å²) in [6, 6.07) is 4.59. The average molecular weight is 438 g/mol. The Labute approximate surface area is 186 Å². The van der Waals surface area contributed by atoms with Crippen LogP contribution in [0.2, 0.25) is 0 Å². The molecule has 1 aliphatic carbocycles. The number of amides is 1. The zero-order chi connectivity index (χ0) is 22.1. The fraction of sp³-hybridized carbons (Fsp3) is 0.500. The predicted molar refractivity (Wildman–Crippen MR) is 120 cm³/mol. The third-order valence-electron chi connectivity index (χ3n) is 6.06. The standard InChI is InChI=1S/C22H27N7OS/c1-13-10-14(2)28-21(24-13)26-27-22(28)31-12-19(30)25-20-18(11-23)15(3)16(4)29(20)17-8-6-5-7-9-17/h10,17H,5-9,12H2,1-4H3,(H,25,30). The molecular weight excluding hydrogens is 410 g/mol. The molecule has 3 heterocycles. The Morgan fingerprint density at radius 1 is 1.23 bits per heavy atom. The summed E-state index contributed by atoms with van der Waals surface area (Å²) in [5, 5.41) is 21.7. The average Bonchev–Trinajstić information content (AvgIpc) is 3.26. The highest BCUT2D eigenvalue weighted by atomic mass is 32.2. The third kappa shape index (κ3) is 4.04. The van der Waals surface area contributed by atoms with E-state index in [1.807, 2.05) is 38.2 Å². The van der Waals surface area contributed by atoms with E-state index in [0.717, 1.165) is 35.5 Å². The summed E-state index contributed by atoms with van der Waals surface area (Å²) in [5.74, 6) is 1.18. The van der Waals surface area contributed by atoms with Crippen molar-refractivity contribution in [2.24, 2.45) is 0 Å². The van der Waals surface area contributed by atoms with Crippen molar-refractivity contribution in [3.63, 3.8) is 0 Å². The van der Waals surface area contributed by atoms with Gasteiger partial charge in [-0.25, -0.2) is 4.98 Å². The lowest BCUT2D eigenvalue weighted by atomic mass is 9.95. The maximum atomic E-state index is 12.9. The van der Waals surface area contributed by atoms with Gasteiger partial charge < -0.3 is 9.88 Å². The molecule has 1 amide bonds. The molecule has 8 nitrogen and oxygen atoms in total. The molecule has 0 saturated heterocycles. The van der Waals surface area contributed by atoms with Crippen molar-refractivity contribution in [2.75, 3.05) is 11.1 Å². The Hall–Kier alpha value is -2.86. The molecule has 1 fully saturated rings. The van der Waals surface area contributed by atoms with Gasteiger partial charge in [0.05, 0.1) is 11.3 Å². The number of rotatable bonds is 5. The second kappa shape index (κ2) is 8.71. The molecule has 0 atom stereocenters. The van der Waals surface area contributed by atoms with Gasteiger partial charge in [0, 0.05) is 23.1 Å². The molecule has 162 valence electrons. The fourth-order valence-electron chi connectivity index (χ4n) is 4.47. The summed E-state index contributed by atoms with van der Waals surface area (Å²) in [6.45, 7) is 7.88. The summed E-state index contributed by atoms with van der Waals surface area (Å²) in [6.07, 6.45) is 5.77. The lowest BCUT2D eigenvalue weighted by Crippen LogP contribution is -2.21. The Morgan fingerprint density at radius 2 is 1.97 bits per heavy atom. The molecule has 31 heavy (non-hydrogen) atoms. The topological polar surface area (TPSA) is 101 Å². The number of nitrogens with one attached hydrogen (secondary N) is 1. The molecule has 0 unspecified atom stereocenters. The second-order valence-electron chi connectivity index (χ2n) is 8.20. The van der Waals surface area contributed by atoms with Gasteiger partial charge >= 0.3 is 0 Å². The van der Waals surface area contributed by atoms with Crippen LogP contribution in [0.15, 0.2) is 11.2 Å². The molecule has 1 N–H and O–H groups in total. The van der Waals surface area contributed by atoms with Gasteiger partial charge in [0.25, 0.3) is 5.78 Å². The first-order valence-electron chi connectivity index (χ1n) is 10.6. The van der Waals surface area contributed by atoms with Crippen LogP contribution in [0.3, 0.4) is 0 Å². The molecule has 0 spiro atoms. The van der Waals surface area contributed by atoms with E-state index in [1.54, 1.807) is 0 Å². The van der Waals surface area contributed by atoms with Gasteiger partial charge in [-0.15, -0.1) is 10.2 Å². The van der Waals surface area contributed by atoms with Crippen LogP contribution in [0.5, 0.6) is 0 Å². The zero-order valence-electron chi connectivity index (χ0n) is 18.4. The predicted octanol–water partition coefficient (Wildman–Crippen LogP) is 4.27. The van der Waals surface area contributed by atoms with Gasteiger partial charge in [0.15, 0.2) is 5.16 Å². The molecule has 0 aliphatic heterocycles. The first-order valence-corrected chi connectivity index (χ1v) is 11.6. The molecule has 0 aromatic carbocycles. The van der Waals surface area contributed by atoms with E-state index in [2.05, 4.69) is 31.1 Å². The first kappa shape index (κ1) is 21.4. The van der Waals surface area contributed by atoms with Gasteiger partial charge in [-0.3, -0.25) is 9.20 Å². The second-order valence-corrected chi connectivity index (χ2v) is 9.14. The van der Waals surface area contributed by atoms with Crippen molar-refractivity contribution < 1.29 is 4.79 Å². The SMILES string of the molecule is Cc1cc(C)n2c(SCC(=O)Nc3c(C#N)c(C)c(C)n3C3CCCCC3)nnc2n1. The third-order valence-corrected chi connectivity index (χ3v) is 6.99. The molecule has 0 bridgehead atoms. The minimum absolute atomic E-state index is 0.162. The summed E-state index contributed by atoms with van der Waals surface area (Å²) < 4.78 is 4.03. The van der Waals surface area contributed by atoms with Crippen molar-refractivity contribution >= 4 is 29.3 Å². The van der Waals surface area contributed by atoms with Gasteiger partial charge in [0.2, 0.25) is 5.91 Å². The number of thioether (sulfide) groups is 1. The van der Waals surface area contributed by atoms with Crippen LogP contribution < -0.4 is 5.32 Å². The van der Waals surface area contributed by atoms with Crippen molar-refractivity contribution in [3.8, 4) is 6.07 Å². The fourth-order valence-corrected chi connectivity index (χ4v) is 5.26. The highest BCUT2D eigenvalue weighted by molar-refractivity contribution is 7.99. The molecule has 3 aromatic heterocycles. The molecule has 3 aromatic rings. The summed E-state index contributed by atoms with van der Waals surface area (Å²) in [7, 11) is 0. The van der Waals surface area contributed by atoms with Gasteiger partial charge in [-0.2, -0.15) is 5.26 Å². The lowest BCUT2D eigenvalue weighted by molar-refractivity contribution is -0.113. The van der Waals surface area contributed by atoms with E-state index in [0.29, 0.717) is 28.4 Å². The number of hydrogen-bond acceptors (Lipinski definition) is 6. The molecular formula is C22H27N7OS. The minimum atomic E-state index is -0.162. The maximum Gasteiger partial charge on any atom is 0.256 e. The number of carbonyl (C=O) groups is 1. The molecule has 1 aliphatic rings. The van der Waals surface area contributed by atoms with Crippen LogP contribution in [0.4, 0.5) is 5.82 Å². The van der Waals surface area contributed by atoms with Crippen molar-refractivity contribution in [1.82, 2.24) is 24.1 Å². The van der Waals surface area contributed by atoms with E-state index < -0.39 is 0 Å². The molecule has 1 saturated carbocycles. The van der Waals surface area contributed by atoms with Crippen LogP contribution in [-0.4, -0.2) is 35.8 Å². The van der Waals surface area contributed by atoms with Crippen LogP contribution in [0.25, 0.3) is 5.78 Å². The summed E-state index contributed by atoms with van der Waals surface area (Å²) >= 11 is 1.32. The van der Waals surface area contributed by atoms with Crippen LogP contribution >= 0.6 is 11.8 Å². The number of nitrogens with zero attached hydrogens (tertiary/aromatic N) is 6. The van der Waals surface area contributed by atoms with Crippen molar-refractivity contribution in [3.05, 3.63) is 34.3 Å². The van der Waals surface area contributed by atoms with E-state index in [4.69, 9.17) is 0 Å². The number of nitriles is 1. The Balaban J connectivity index is 1.55. The van der Waals surface area contributed by atoms with Gasteiger partial charge in [-0.1, -0.05) is 31.0 Å². The normalized spacial score (nSPS) is 14.7. The number of aryl methyl sites for hydroxylation is 2. The first-order chi connectivity index (χ1) is 14.9. The lowest BCUT2D eigenvalue weighted by Gasteiger charge is -2.27. The van der Waals surface area contributed by atoms with Crippen LogP contribution in [0, 0.1) is 39.0 Å². The van der Waals surface area contributed by atoms with Crippen molar-refractivity contribution in [1.29, 1.82) is 5.26 Å². The van der Waals surface area contributed by atoms with Crippen molar-refractivity contribution in [2.45, 2.75) is 71.0 Å². The largest absolute Gasteiger partial charge is 0.327 e. The summed E-state index contributed by atoms with van der Waals surface area (Å²) in [4.78, 5) is 17.3. The monoisotopic (exact) mass is 437 g/mol. The Morgan fingerprint density at radius 3 is 2.68 bits per heavy atom. The number of carbonyl (C=O) groups excluding carboxylic acids is 1. The van der Waals surface area contributed by atoms with Crippen LogP contribution in [0.1, 0.15) is 66.4 Å². The maximum absolute atomic E-state index is 12.9. The van der Waals surface area contributed by atoms with Crippen LogP contribution in [-0.2, 0) is 4.79 Å². The van der Waals surface area contributed by atoms with E-state index >= 15 is 0 Å². The smallest absolute Gasteiger partial charge is 0.256 e. The zero-order valence-corrected chi connectivity index (χ0v) is 19.2. The molecule has 0 radical (unpaired) electrons.